The van der Waals surface area contributed by atoms with E-state index in [0.29, 0.717) is 6.04 Å². The van der Waals surface area contributed by atoms with Gasteiger partial charge in [-0.25, -0.2) is 0 Å². The topological polar surface area (TPSA) is 24.9 Å². The first-order valence-corrected chi connectivity index (χ1v) is 7.31. The van der Waals surface area contributed by atoms with Crippen molar-refractivity contribution >= 4 is 33.0 Å². The molecule has 0 fully saturated rings. The van der Waals surface area contributed by atoms with Gasteiger partial charge >= 0.3 is 0 Å². The molecule has 1 heterocycles. The summed E-state index contributed by atoms with van der Waals surface area (Å²) in [6.45, 7) is 4.33. The maximum atomic E-state index is 4.11. The van der Waals surface area contributed by atoms with E-state index in [4.69, 9.17) is 0 Å². The Labute approximate surface area is 114 Å². The van der Waals surface area contributed by atoms with E-state index in [1.807, 2.05) is 11.7 Å². The van der Waals surface area contributed by atoms with E-state index >= 15 is 0 Å². The molecule has 90 valence electrons. The third-order valence-electron chi connectivity index (χ3n) is 2.70. The number of anilines is 1. The molecule has 0 saturated carbocycles. The number of halogens is 1. The maximum Gasteiger partial charge on any atom is 0.0795 e. The molecule has 1 N–H and O–H groups in total. The molecule has 0 aliphatic heterocycles. The molecule has 1 aromatic carbocycles. The van der Waals surface area contributed by atoms with Crippen LogP contribution < -0.4 is 5.32 Å². The fraction of sp³-hybridized carbons (Fsp3) is 0.308. The predicted molar refractivity (Wildman–Crippen MR) is 77.7 cm³/mol. The van der Waals surface area contributed by atoms with E-state index in [-0.39, 0.29) is 0 Å². The first kappa shape index (κ1) is 12.6. The summed E-state index contributed by atoms with van der Waals surface area (Å²) in [5.74, 6) is 0. The molecular formula is C13H15BrN2S. The molecular weight excluding hydrogens is 296 g/mol. The normalized spacial score (nSPS) is 12.4. The number of rotatable bonds is 4. The third kappa shape index (κ3) is 3.07. The van der Waals surface area contributed by atoms with Crippen molar-refractivity contribution in [2.45, 2.75) is 26.3 Å². The molecule has 2 nitrogen and oxygen atoms in total. The van der Waals surface area contributed by atoms with E-state index in [9.17, 15) is 0 Å². The standard InChI is InChI=1S/C13H15BrN2S/c1-3-10-6-11(14)4-5-12(10)16-9(2)13-7-15-8-17-13/h4-9,16H,3H2,1-2H3. The van der Waals surface area contributed by atoms with Gasteiger partial charge < -0.3 is 5.32 Å². The summed E-state index contributed by atoms with van der Waals surface area (Å²) in [4.78, 5) is 5.37. The number of nitrogens with one attached hydrogen (secondary N) is 1. The number of hydrogen-bond donors (Lipinski definition) is 1. The van der Waals surface area contributed by atoms with E-state index in [1.165, 1.54) is 16.1 Å². The van der Waals surface area contributed by atoms with Gasteiger partial charge in [-0.05, 0) is 37.1 Å². The van der Waals surface area contributed by atoms with Crippen LogP contribution in [0.4, 0.5) is 5.69 Å². The van der Waals surface area contributed by atoms with Crippen molar-refractivity contribution in [3.05, 3.63) is 44.8 Å². The third-order valence-corrected chi connectivity index (χ3v) is 4.15. The second kappa shape index (κ2) is 5.65. The van der Waals surface area contributed by atoms with Crippen molar-refractivity contribution in [2.75, 3.05) is 5.32 Å². The van der Waals surface area contributed by atoms with Gasteiger partial charge in [-0.15, -0.1) is 11.3 Å². The average Bonchev–Trinajstić information content (AvgIpc) is 2.85. The fourth-order valence-electron chi connectivity index (χ4n) is 1.74. The highest BCUT2D eigenvalue weighted by molar-refractivity contribution is 9.10. The van der Waals surface area contributed by atoms with Crippen LogP contribution >= 0.6 is 27.3 Å². The molecule has 0 aliphatic carbocycles. The van der Waals surface area contributed by atoms with Crippen LogP contribution in [-0.4, -0.2) is 4.98 Å². The van der Waals surface area contributed by atoms with Gasteiger partial charge in [0.1, 0.15) is 0 Å². The number of benzene rings is 1. The minimum atomic E-state index is 0.300. The lowest BCUT2D eigenvalue weighted by atomic mass is 10.1. The average molecular weight is 311 g/mol. The highest BCUT2D eigenvalue weighted by atomic mass is 79.9. The smallest absolute Gasteiger partial charge is 0.0795 e. The first-order chi connectivity index (χ1) is 8.20. The summed E-state index contributed by atoms with van der Waals surface area (Å²) in [5.41, 5.74) is 4.41. The molecule has 0 radical (unpaired) electrons. The van der Waals surface area contributed by atoms with E-state index in [0.717, 1.165) is 10.9 Å². The summed E-state index contributed by atoms with van der Waals surface area (Å²) >= 11 is 5.19. The van der Waals surface area contributed by atoms with Crippen molar-refractivity contribution < 1.29 is 0 Å². The molecule has 1 atom stereocenters. The Bertz CT molecular complexity index is 482. The van der Waals surface area contributed by atoms with Crippen LogP contribution in [0.3, 0.4) is 0 Å². The quantitative estimate of drug-likeness (QED) is 0.889. The summed E-state index contributed by atoms with van der Waals surface area (Å²) in [5, 5.41) is 3.54. The highest BCUT2D eigenvalue weighted by Gasteiger charge is 2.09. The zero-order valence-electron chi connectivity index (χ0n) is 9.90. The van der Waals surface area contributed by atoms with Gasteiger partial charge in [0.2, 0.25) is 0 Å². The number of aryl methyl sites for hydroxylation is 1. The van der Waals surface area contributed by atoms with E-state index < -0.39 is 0 Å². The van der Waals surface area contributed by atoms with Crippen molar-refractivity contribution in [1.82, 2.24) is 4.98 Å². The van der Waals surface area contributed by atoms with Crippen molar-refractivity contribution in [2.24, 2.45) is 0 Å². The zero-order chi connectivity index (χ0) is 12.3. The lowest BCUT2D eigenvalue weighted by Gasteiger charge is -2.16. The minimum absolute atomic E-state index is 0.300. The van der Waals surface area contributed by atoms with Crippen LogP contribution in [0.15, 0.2) is 34.4 Å². The minimum Gasteiger partial charge on any atom is -0.377 e. The molecule has 2 rings (SSSR count). The molecule has 0 saturated heterocycles. The monoisotopic (exact) mass is 310 g/mol. The van der Waals surface area contributed by atoms with Crippen LogP contribution in [-0.2, 0) is 6.42 Å². The Morgan fingerprint density at radius 1 is 1.47 bits per heavy atom. The molecule has 0 bridgehead atoms. The molecule has 1 unspecified atom stereocenters. The number of thiazole rings is 1. The van der Waals surface area contributed by atoms with Gasteiger partial charge in [-0.1, -0.05) is 22.9 Å². The second-order valence-corrected chi connectivity index (χ2v) is 5.76. The first-order valence-electron chi connectivity index (χ1n) is 5.64. The lowest BCUT2D eigenvalue weighted by Crippen LogP contribution is -2.06. The summed E-state index contributed by atoms with van der Waals surface area (Å²) < 4.78 is 1.13. The number of hydrogen-bond acceptors (Lipinski definition) is 3. The largest absolute Gasteiger partial charge is 0.377 e. The summed E-state index contributed by atoms with van der Waals surface area (Å²) in [7, 11) is 0. The van der Waals surface area contributed by atoms with Gasteiger partial charge in [0.25, 0.3) is 0 Å². The Balaban J connectivity index is 2.18. The Hall–Kier alpha value is -0.870. The van der Waals surface area contributed by atoms with E-state index in [2.05, 4.69) is 58.3 Å². The van der Waals surface area contributed by atoms with Crippen molar-refractivity contribution in [1.29, 1.82) is 0 Å². The molecule has 1 aromatic heterocycles. The molecule has 0 spiro atoms. The summed E-state index contributed by atoms with van der Waals surface area (Å²) in [6.07, 6.45) is 2.95. The summed E-state index contributed by atoms with van der Waals surface area (Å²) in [6, 6.07) is 6.66. The van der Waals surface area contributed by atoms with Gasteiger partial charge in [0.05, 0.1) is 11.6 Å². The highest BCUT2D eigenvalue weighted by Crippen LogP contribution is 2.26. The molecule has 4 heteroatoms. The number of nitrogens with zero attached hydrogens (tertiary/aromatic N) is 1. The molecule has 0 amide bonds. The van der Waals surface area contributed by atoms with Crippen LogP contribution in [0.2, 0.25) is 0 Å². The zero-order valence-corrected chi connectivity index (χ0v) is 12.3. The molecule has 0 aliphatic rings. The van der Waals surface area contributed by atoms with E-state index in [1.54, 1.807) is 11.3 Å². The van der Waals surface area contributed by atoms with Crippen LogP contribution in [0.1, 0.15) is 30.3 Å². The van der Waals surface area contributed by atoms with Gasteiger partial charge in [-0.3, -0.25) is 4.98 Å². The molecule has 17 heavy (non-hydrogen) atoms. The Morgan fingerprint density at radius 3 is 2.94 bits per heavy atom. The van der Waals surface area contributed by atoms with Gasteiger partial charge in [0.15, 0.2) is 0 Å². The van der Waals surface area contributed by atoms with Crippen LogP contribution in [0.5, 0.6) is 0 Å². The Kier molecular flexibility index (Phi) is 4.18. The lowest BCUT2D eigenvalue weighted by molar-refractivity contribution is 0.897. The number of aromatic nitrogens is 1. The second-order valence-electron chi connectivity index (χ2n) is 3.92. The van der Waals surface area contributed by atoms with Crippen LogP contribution in [0.25, 0.3) is 0 Å². The van der Waals surface area contributed by atoms with Crippen molar-refractivity contribution in [3.63, 3.8) is 0 Å². The van der Waals surface area contributed by atoms with Gasteiger partial charge in [0, 0.05) is 21.2 Å². The SMILES string of the molecule is CCc1cc(Br)ccc1NC(C)c1cncs1. The Morgan fingerprint density at radius 2 is 2.29 bits per heavy atom. The molecule has 2 aromatic rings. The van der Waals surface area contributed by atoms with Gasteiger partial charge in [-0.2, -0.15) is 0 Å². The maximum absolute atomic E-state index is 4.11. The fourth-order valence-corrected chi connectivity index (χ4v) is 2.78. The van der Waals surface area contributed by atoms with Crippen LogP contribution in [0, 0.1) is 0 Å². The van der Waals surface area contributed by atoms with Crippen molar-refractivity contribution in [3.8, 4) is 0 Å². The predicted octanol–water partition coefficient (Wildman–Crippen LogP) is 4.64.